The lowest BCUT2D eigenvalue weighted by atomic mass is 10.2. The van der Waals surface area contributed by atoms with E-state index in [1.54, 1.807) is 0 Å². The molecule has 2 N–H and O–H groups in total. The smallest absolute Gasteiger partial charge is 0.407 e. The fourth-order valence-electron chi connectivity index (χ4n) is 2.00. The molecule has 2 rings (SSSR count). The van der Waals surface area contributed by atoms with Crippen LogP contribution in [0.5, 0.6) is 0 Å². The first-order chi connectivity index (χ1) is 8.24. The van der Waals surface area contributed by atoms with E-state index in [1.165, 1.54) is 0 Å². The Morgan fingerprint density at radius 3 is 3.12 bits per heavy atom. The quantitative estimate of drug-likeness (QED) is 0.724. The van der Waals surface area contributed by atoms with E-state index < -0.39 is 0 Å². The van der Waals surface area contributed by atoms with Gasteiger partial charge in [-0.3, -0.25) is 0 Å². The van der Waals surface area contributed by atoms with Crippen LogP contribution in [0, 0.1) is 0 Å². The minimum atomic E-state index is -0.387. The van der Waals surface area contributed by atoms with Crippen LogP contribution < -0.4 is 10.6 Å². The van der Waals surface area contributed by atoms with Gasteiger partial charge in [-0.25, -0.2) is 4.79 Å². The largest absolute Gasteiger partial charge is 0.447 e. The van der Waals surface area contributed by atoms with Gasteiger partial charge in [0, 0.05) is 19.7 Å². The Morgan fingerprint density at radius 2 is 2.41 bits per heavy atom. The number of carbonyl (C=O) groups excluding carboxylic acids is 1. The van der Waals surface area contributed by atoms with E-state index >= 15 is 0 Å². The molecule has 2 aliphatic rings. The summed E-state index contributed by atoms with van der Waals surface area (Å²) in [7, 11) is 0. The molecule has 6 heteroatoms. The van der Waals surface area contributed by atoms with E-state index in [9.17, 15) is 4.79 Å². The Labute approximate surface area is 101 Å². The summed E-state index contributed by atoms with van der Waals surface area (Å²) in [5.41, 5.74) is 0. The summed E-state index contributed by atoms with van der Waals surface area (Å²) in [4.78, 5) is 11.5. The molecule has 0 aliphatic carbocycles. The van der Waals surface area contributed by atoms with Crippen molar-refractivity contribution in [3.63, 3.8) is 0 Å². The van der Waals surface area contributed by atoms with Crippen LogP contribution in [0.3, 0.4) is 0 Å². The van der Waals surface area contributed by atoms with Crippen molar-refractivity contribution >= 4 is 6.09 Å². The van der Waals surface area contributed by atoms with Crippen LogP contribution in [0.1, 0.15) is 13.3 Å². The molecule has 0 aromatic rings. The molecule has 2 heterocycles. The van der Waals surface area contributed by atoms with Gasteiger partial charge < -0.3 is 24.8 Å². The fourth-order valence-corrected chi connectivity index (χ4v) is 2.00. The third-order valence-electron chi connectivity index (χ3n) is 2.88. The van der Waals surface area contributed by atoms with Gasteiger partial charge in [-0.2, -0.15) is 0 Å². The summed E-state index contributed by atoms with van der Waals surface area (Å²) in [6, 6.07) is 0.0897. The van der Waals surface area contributed by atoms with E-state index in [-0.39, 0.29) is 30.9 Å². The third-order valence-corrected chi connectivity index (χ3v) is 2.88. The second kappa shape index (κ2) is 6.18. The SMILES string of the molecule is CC1CNCC(COC(=O)NC2CCOC2)O1. The maximum Gasteiger partial charge on any atom is 0.407 e. The van der Waals surface area contributed by atoms with E-state index in [0.717, 1.165) is 19.5 Å². The molecule has 2 aliphatic heterocycles. The standard InChI is InChI=1S/C11H20N2O4/c1-8-4-12-5-10(17-8)7-16-11(14)13-9-2-3-15-6-9/h8-10,12H,2-7H2,1H3,(H,13,14). The highest BCUT2D eigenvalue weighted by molar-refractivity contribution is 5.67. The summed E-state index contributed by atoms with van der Waals surface area (Å²) in [6.45, 7) is 5.14. The number of nitrogens with one attached hydrogen (secondary N) is 2. The summed E-state index contributed by atoms with van der Waals surface area (Å²) in [5.74, 6) is 0. The summed E-state index contributed by atoms with van der Waals surface area (Å²) < 4.78 is 15.9. The molecule has 0 spiro atoms. The van der Waals surface area contributed by atoms with Gasteiger partial charge in [-0.15, -0.1) is 0 Å². The fraction of sp³-hybridized carbons (Fsp3) is 0.909. The van der Waals surface area contributed by atoms with Crippen LogP contribution in [-0.2, 0) is 14.2 Å². The minimum absolute atomic E-state index is 0.0515. The highest BCUT2D eigenvalue weighted by Crippen LogP contribution is 2.05. The average Bonchev–Trinajstić information content (AvgIpc) is 2.79. The molecule has 98 valence electrons. The molecular weight excluding hydrogens is 224 g/mol. The van der Waals surface area contributed by atoms with E-state index in [2.05, 4.69) is 10.6 Å². The number of rotatable bonds is 3. The first-order valence-electron chi connectivity index (χ1n) is 6.11. The van der Waals surface area contributed by atoms with Gasteiger partial charge >= 0.3 is 6.09 Å². The average molecular weight is 244 g/mol. The second-order valence-electron chi connectivity index (χ2n) is 4.53. The number of ether oxygens (including phenoxy) is 3. The van der Waals surface area contributed by atoms with Gasteiger partial charge in [0.05, 0.1) is 18.8 Å². The molecule has 0 saturated carbocycles. The van der Waals surface area contributed by atoms with Crippen LogP contribution in [0.2, 0.25) is 0 Å². The molecule has 0 radical (unpaired) electrons. The summed E-state index contributed by atoms with van der Waals surface area (Å²) in [6.07, 6.45) is 0.587. The lowest BCUT2D eigenvalue weighted by Crippen LogP contribution is -2.46. The number of alkyl carbamates (subject to hydrolysis) is 1. The first kappa shape index (κ1) is 12.6. The van der Waals surface area contributed by atoms with Gasteiger partial charge in [-0.1, -0.05) is 0 Å². The van der Waals surface area contributed by atoms with Crippen LogP contribution in [0.15, 0.2) is 0 Å². The van der Waals surface area contributed by atoms with Crippen molar-refractivity contribution in [3.05, 3.63) is 0 Å². The lowest BCUT2D eigenvalue weighted by Gasteiger charge is -2.28. The highest BCUT2D eigenvalue weighted by Gasteiger charge is 2.22. The van der Waals surface area contributed by atoms with Crippen molar-refractivity contribution < 1.29 is 19.0 Å². The maximum absolute atomic E-state index is 11.5. The van der Waals surface area contributed by atoms with Gasteiger partial charge in [0.2, 0.25) is 0 Å². The molecule has 2 saturated heterocycles. The number of carbonyl (C=O) groups is 1. The molecule has 6 nitrogen and oxygen atoms in total. The van der Waals surface area contributed by atoms with E-state index in [0.29, 0.717) is 13.2 Å². The Bertz CT molecular complexity index is 256. The summed E-state index contributed by atoms with van der Waals surface area (Å²) in [5, 5.41) is 5.99. The zero-order valence-electron chi connectivity index (χ0n) is 10.1. The molecule has 0 aromatic heterocycles. The predicted molar refractivity (Wildman–Crippen MR) is 60.9 cm³/mol. The highest BCUT2D eigenvalue weighted by atomic mass is 16.6. The minimum Gasteiger partial charge on any atom is -0.447 e. The predicted octanol–water partition coefficient (Wildman–Crippen LogP) is -0.122. The van der Waals surface area contributed by atoms with Gasteiger partial charge in [0.15, 0.2) is 0 Å². The van der Waals surface area contributed by atoms with Crippen molar-refractivity contribution in [1.82, 2.24) is 10.6 Å². The van der Waals surface area contributed by atoms with Crippen molar-refractivity contribution in [2.75, 3.05) is 32.9 Å². The van der Waals surface area contributed by atoms with E-state index in [4.69, 9.17) is 14.2 Å². The number of morpholine rings is 1. The Balaban J connectivity index is 1.61. The van der Waals surface area contributed by atoms with Gasteiger partial charge in [0.1, 0.15) is 12.7 Å². The van der Waals surface area contributed by atoms with Crippen LogP contribution in [0.4, 0.5) is 4.79 Å². The normalized spacial score (nSPS) is 33.4. The Kier molecular flexibility index (Phi) is 4.58. The van der Waals surface area contributed by atoms with Crippen LogP contribution >= 0.6 is 0 Å². The molecule has 1 amide bonds. The summed E-state index contributed by atoms with van der Waals surface area (Å²) >= 11 is 0. The van der Waals surface area contributed by atoms with E-state index in [1.807, 2.05) is 6.92 Å². The molecule has 0 aromatic carbocycles. The zero-order chi connectivity index (χ0) is 12.1. The molecule has 3 atom stereocenters. The third kappa shape index (κ3) is 4.14. The molecular formula is C11H20N2O4. The van der Waals surface area contributed by atoms with Crippen LogP contribution in [-0.4, -0.2) is 57.3 Å². The lowest BCUT2D eigenvalue weighted by molar-refractivity contribution is -0.0549. The second-order valence-corrected chi connectivity index (χ2v) is 4.53. The molecule has 2 fully saturated rings. The Hall–Kier alpha value is -0.850. The maximum atomic E-state index is 11.5. The van der Waals surface area contributed by atoms with Crippen molar-refractivity contribution in [2.24, 2.45) is 0 Å². The monoisotopic (exact) mass is 244 g/mol. The van der Waals surface area contributed by atoms with Crippen molar-refractivity contribution in [1.29, 1.82) is 0 Å². The van der Waals surface area contributed by atoms with Crippen molar-refractivity contribution in [2.45, 2.75) is 31.6 Å². The van der Waals surface area contributed by atoms with Gasteiger partial charge in [0.25, 0.3) is 0 Å². The topological polar surface area (TPSA) is 68.8 Å². The number of hydrogen-bond donors (Lipinski definition) is 2. The van der Waals surface area contributed by atoms with Crippen molar-refractivity contribution in [3.8, 4) is 0 Å². The zero-order valence-corrected chi connectivity index (χ0v) is 10.1. The number of hydrogen-bond acceptors (Lipinski definition) is 5. The molecule has 3 unspecified atom stereocenters. The Morgan fingerprint density at radius 1 is 1.53 bits per heavy atom. The molecule has 17 heavy (non-hydrogen) atoms. The molecule has 0 bridgehead atoms. The van der Waals surface area contributed by atoms with Crippen LogP contribution in [0.25, 0.3) is 0 Å². The number of amides is 1. The first-order valence-corrected chi connectivity index (χ1v) is 6.11. The van der Waals surface area contributed by atoms with Gasteiger partial charge in [-0.05, 0) is 13.3 Å².